The van der Waals surface area contributed by atoms with Crippen molar-refractivity contribution in [1.82, 2.24) is 36.9 Å². The van der Waals surface area contributed by atoms with Gasteiger partial charge in [0.2, 0.25) is 29.5 Å². The maximum atomic E-state index is 13.7. The zero-order chi connectivity index (χ0) is 34.7. The first-order chi connectivity index (χ1) is 22.2. The smallest absolute Gasteiger partial charge is 0.243 e. The summed E-state index contributed by atoms with van der Waals surface area (Å²) in [4.78, 5) is 69.4. The predicted octanol–water partition coefficient (Wildman–Crippen LogP) is 1.56. The van der Waals surface area contributed by atoms with Gasteiger partial charge in [0.1, 0.15) is 12.1 Å². The zero-order valence-electron chi connectivity index (χ0n) is 28.4. The van der Waals surface area contributed by atoms with E-state index in [4.69, 9.17) is 0 Å². The third kappa shape index (κ3) is 11.1. The average molecular weight is 671 g/mol. The summed E-state index contributed by atoms with van der Waals surface area (Å²) in [6.45, 7) is 9.05. The Kier molecular flexibility index (Phi) is 13.8. The fraction of sp³-hybridized carbons (Fsp3) is 0.576. The Balaban J connectivity index is 1.69. The first kappa shape index (κ1) is 37.6. The van der Waals surface area contributed by atoms with Crippen LogP contribution < -0.4 is 37.2 Å². The summed E-state index contributed by atoms with van der Waals surface area (Å²) >= 11 is 1.23. The molecule has 1 aromatic carbocycles. The number of hydrogen-bond acceptors (Lipinski definition) is 9. The molecule has 0 bridgehead atoms. The molecule has 0 saturated carbocycles. The van der Waals surface area contributed by atoms with Gasteiger partial charge in [0.25, 0.3) is 0 Å². The summed E-state index contributed by atoms with van der Waals surface area (Å²) in [5, 5.41) is 22.2. The largest absolute Gasteiger partial charge is 0.356 e. The van der Waals surface area contributed by atoms with Crippen LogP contribution in [0.25, 0.3) is 0 Å². The first-order valence-corrected chi connectivity index (χ1v) is 17.0. The van der Waals surface area contributed by atoms with E-state index in [1.165, 1.54) is 16.9 Å². The summed E-state index contributed by atoms with van der Waals surface area (Å²) in [6.07, 6.45) is 2.74. The number of anilines is 1. The van der Waals surface area contributed by atoms with E-state index in [2.05, 4.69) is 48.3 Å². The molecule has 7 N–H and O–H groups in total. The Morgan fingerprint density at radius 3 is 2.30 bits per heavy atom. The molecule has 2 aromatic rings. The monoisotopic (exact) mass is 670 g/mol. The van der Waals surface area contributed by atoms with Gasteiger partial charge in [-0.15, -0.1) is 11.3 Å². The highest BCUT2D eigenvalue weighted by Gasteiger charge is 2.36. The fourth-order valence-corrected chi connectivity index (χ4v) is 5.86. The van der Waals surface area contributed by atoms with E-state index in [-0.39, 0.29) is 49.1 Å². The van der Waals surface area contributed by atoms with Gasteiger partial charge in [-0.2, -0.15) is 0 Å². The maximum absolute atomic E-state index is 13.7. The van der Waals surface area contributed by atoms with Crippen molar-refractivity contribution in [3.05, 3.63) is 46.5 Å². The van der Waals surface area contributed by atoms with Gasteiger partial charge in [-0.05, 0) is 70.2 Å². The summed E-state index contributed by atoms with van der Waals surface area (Å²) in [5.74, 6) is -1.74. The Morgan fingerprint density at radius 1 is 0.936 bits per heavy atom. The highest BCUT2D eigenvalue weighted by molar-refractivity contribution is 7.13. The molecule has 13 nitrogen and oxygen atoms in total. The normalized spacial score (nSPS) is 16.9. The van der Waals surface area contributed by atoms with Gasteiger partial charge >= 0.3 is 0 Å². The van der Waals surface area contributed by atoms with Crippen LogP contribution in [0.1, 0.15) is 76.7 Å². The number of fused-ring (bicyclic) bond motifs is 1. The number of carbonyl (C=O) groups is 5. The molecule has 14 heteroatoms. The lowest BCUT2D eigenvalue weighted by molar-refractivity contribution is -0.135. The zero-order valence-corrected chi connectivity index (χ0v) is 29.2. The van der Waals surface area contributed by atoms with Crippen LogP contribution in [-0.2, 0) is 36.8 Å². The second-order valence-corrected chi connectivity index (χ2v) is 13.8. The number of hydrogen-bond donors (Lipinski definition) is 7. The predicted molar refractivity (Wildman–Crippen MR) is 183 cm³/mol. The molecule has 3 rings (SSSR count). The van der Waals surface area contributed by atoms with Crippen LogP contribution in [0.2, 0.25) is 0 Å². The van der Waals surface area contributed by atoms with Crippen molar-refractivity contribution in [2.45, 2.75) is 96.9 Å². The molecule has 0 spiro atoms. The van der Waals surface area contributed by atoms with Crippen LogP contribution >= 0.6 is 11.3 Å². The molecule has 1 aliphatic carbocycles. The minimum atomic E-state index is -0.976. The lowest BCUT2D eigenvalue weighted by atomic mass is 9.85. The average Bonchev–Trinajstić information content (AvgIpc) is 3.47. The molecule has 47 heavy (non-hydrogen) atoms. The van der Waals surface area contributed by atoms with Crippen molar-refractivity contribution in [1.29, 1.82) is 0 Å². The molecule has 0 aliphatic heterocycles. The second-order valence-electron chi connectivity index (χ2n) is 13.0. The van der Waals surface area contributed by atoms with Crippen LogP contribution in [0.5, 0.6) is 0 Å². The highest BCUT2D eigenvalue weighted by atomic mass is 32.1. The minimum Gasteiger partial charge on any atom is -0.356 e. The maximum Gasteiger partial charge on any atom is 0.243 e. The number of thiazole rings is 1. The summed E-state index contributed by atoms with van der Waals surface area (Å²) in [6, 6.07) is 5.00. The van der Waals surface area contributed by atoms with Gasteiger partial charge in [0, 0.05) is 11.9 Å². The van der Waals surface area contributed by atoms with Gasteiger partial charge in [0.15, 0.2) is 5.13 Å². The number of rotatable bonds is 15. The van der Waals surface area contributed by atoms with Gasteiger partial charge < -0.3 is 37.2 Å². The van der Waals surface area contributed by atoms with Crippen LogP contribution in [-0.4, -0.2) is 79.3 Å². The van der Waals surface area contributed by atoms with E-state index < -0.39 is 35.5 Å². The van der Waals surface area contributed by atoms with Crippen LogP contribution in [0.4, 0.5) is 5.13 Å². The number of nitrogens with zero attached hydrogens (tertiary/aromatic N) is 1. The first-order valence-electron chi connectivity index (χ1n) is 16.1. The molecular weight excluding hydrogens is 620 g/mol. The standard InChI is InChI=1S/C33H50N8O5S/c1-19(34-6)28(43)40-27(33(3,4)5)31(46)39-25(30(45)38-24-14-10-12-21-11-8-9-13-23(21)24)15-16-36-26(42)17-22-18-47-32(37-22)41-29(44)20(2)35-7/h8-9,11,13,18-20,24-25,27,34-35H,10,12,14-17H2,1-7H3,(H,36,42)(H,38,45)(H,39,46)(H,40,43)(H,37,41,44). The second kappa shape index (κ2) is 17.3. The number of aromatic nitrogens is 1. The molecular formula is C33H50N8O5S. The molecule has 5 atom stereocenters. The number of benzene rings is 1. The van der Waals surface area contributed by atoms with E-state index >= 15 is 0 Å². The molecule has 1 aliphatic rings. The summed E-state index contributed by atoms with van der Waals surface area (Å²) < 4.78 is 0. The fourth-order valence-electron chi connectivity index (χ4n) is 5.15. The quantitative estimate of drug-likeness (QED) is 0.149. The molecule has 258 valence electrons. The summed E-state index contributed by atoms with van der Waals surface area (Å²) in [7, 11) is 3.34. The Labute approximate surface area is 281 Å². The third-order valence-corrected chi connectivity index (χ3v) is 9.07. The topological polar surface area (TPSA) is 182 Å². The van der Waals surface area contributed by atoms with Crippen molar-refractivity contribution < 1.29 is 24.0 Å². The molecule has 5 unspecified atom stereocenters. The molecule has 0 radical (unpaired) electrons. The molecule has 1 aromatic heterocycles. The number of nitrogens with one attached hydrogen (secondary N) is 7. The Bertz CT molecular complexity index is 1410. The molecule has 0 saturated heterocycles. The minimum absolute atomic E-state index is 0.0161. The number of aryl methyl sites for hydroxylation is 1. The Morgan fingerprint density at radius 2 is 1.62 bits per heavy atom. The highest BCUT2D eigenvalue weighted by Crippen LogP contribution is 2.29. The molecule has 1 heterocycles. The van der Waals surface area contributed by atoms with Crippen LogP contribution in [0, 0.1) is 5.41 Å². The van der Waals surface area contributed by atoms with Gasteiger partial charge in [-0.3, -0.25) is 24.0 Å². The third-order valence-electron chi connectivity index (χ3n) is 8.27. The van der Waals surface area contributed by atoms with Crippen LogP contribution in [0.15, 0.2) is 29.6 Å². The SMILES string of the molecule is CNC(C)C(=O)Nc1nc(CC(=O)NCCC(NC(=O)C(NC(=O)C(C)NC)C(C)(C)C)C(=O)NC2CCCc3ccccc32)cs1. The van der Waals surface area contributed by atoms with E-state index in [1.54, 1.807) is 33.3 Å². The van der Waals surface area contributed by atoms with Crippen molar-refractivity contribution in [2.24, 2.45) is 5.41 Å². The van der Waals surface area contributed by atoms with Crippen molar-refractivity contribution in [3.8, 4) is 0 Å². The van der Waals surface area contributed by atoms with E-state index in [9.17, 15) is 24.0 Å². The van der Waals surface area contributed by atoms with E-state index in [0.717, 1.165) is 24.8 Å². The Hall–Kier alpha value is -3.88. The van der Waals surface area contributed by atoms with E-state index in [1.807, 2.05) is 39.0 Å². The van der Waals surface area contributed by atoms with Crippen molar-refractivity contribution in [3.63, 3.8) is 0 Å². The molecule has 0 fully saturated rings. The van der Waals surface area contributed by atoms with Gasteiger partial charge in [-0.1, -0.05) is 45.0 Å². The van der Waals surface area contributed by atoms with Gasteiger partial charge in [-0.25, -0.2) is 4.98 Å². The number of carbonyl (C=O) groups excluding carboxylic acids is 5. The molecule has 5 amide bonds. The number of likely N-dealkylation sites (N-methyl/N-ethyl adjacent to an activating group) is 2. The van der Waals surface area contributed by atoms with Gasteiger partial charge in [0.05, 0.1) is 30.2 Å². The van der Waals surface area contributed by atoms with Crippen molar-refractivity contribution in [2.75, 3.05) is 26.0 Å². The lowest BCUT2D eigenvalue weighted by Crippen LogP contribution is -2.60. The van der Waals surface area contributed by atoms with Crippen LogP contribution in [0.3, 0.4) is 0 Å². The lowest BCUT2D eigenvalue weighted by Gasteiger charge is -2.33. The number of amides is 5. The van der Waals surface area contributed by atoms with Crippen molar-refractivity contribution >= 4 is 46.0 Å². The van der Waals surface area contributed by atoms with E-state index in [0.29, 0.717) is 10.8 Å². The summed E-state index contributed by atoms with van der Waals surface area (Å²) in [5.41, 5.74) is 2.10.